The van der Waals surface area contributed by atoms with Crippen molar-refractivity contribution in [2.75, 3.05) is 13.1 Å². The molecule has 3 aromatic rings. The summed E-state index contributed by atoms with van der Waals surface area (Å²) < 4.78 is 7.40. The minimum Gasteiger partial charge on any atom is -0.421 e. The van der Waals surface area contributed by atoms with E-state index in [-0.39, 0.29) is 24.0 Å². The molecule has 0 bridgehead atoms. The molecule has 3 heterocycles. The Balaban J connectivity index is 1.33. The van der Waals surface area contributed by atoms with E-state index < -0.39 is 0 Å². The minimum absolute atomic E-state index is 0.000552. The lowest BCUT2D eigenvalue weighted by Crippen LogP contribution is -2.42. The summed E-state index contributed by atoms with van der Waals surface area (Å²) in [5.74, 6) is 1.13. The van der Waals surface area contributed by atoms with Crippen LogP contribution < -0.4 is 0 Å². The summed E-state index contributed by atoms with van der Waals surface area (Å²) in [5, 5.41) is 8.10. The Bertz CT molecular complexity index is 995. The summed E-state index contributed by atoms with van der Waals surface area (Å²) >= 11 is 0. The highest BCUT2D eigenvalue weighted by Crippen LogP contribution is 2.22. The van der Waals surface area contributed by atoms with Gasteiger partial charge in [0.15, 0.2) is 5.82 Å². The van der Waals surface area contributed by atoms with E-state index in [1.54, 1.807) is 28.9 Å². The van der Waals surface area contributed by atoms with Crippen molar-refractivity contribution in [2.24, 2.45) is 13.0 Å². The number of carbonyl (C=O) groups is 2. The van der Waals surface area contributed by atoms with E-state index in [0.29, 0.717) is 37.1 Å². The number of likely N-dealkylation sites (tertiary alicyclic amines) is 1. The van der Waals surface area contributed by atoms with Crippen molar-refractivity contribution in [3.8, 4) is 11.5 Å². The van der Waals surface area contributed by atoms with Crippen LogP contribution in [0, 0.1) is 5.92 Å². The molecule has 29 heavy (non-hydrogen) atoms. The zero-order chi connectivity index (χ0) is 20.2. The number of carbonyl (C=O) groups excluding carboxylic acids is 2. The molecule has 0 radical (unpaired) electrons. The first-order chi connectivity index (χ1) is 14.1. The summed E-state index contributed by atoms with van der Waals surface area (Å²) in [4.78, 5) is 31.3. The van der Waals surface area contributed by atoms with Gasteiger partial charge in [-0.25, -0.2) is 4.98 Å². The van der Waals surface area contributed by atoms with Crippen LogP contribution in [0.15, 0.2) is 47.1 Å². The number of piperidine rings is 1. The Morgan fingerprint density at radius 3 is 2.79 bits per heavy atom. The van der Waals surface area contributed by atoms with Crippen LogP contribution in [0.1, 0.15) is 35.8 Å². The van der Waals surface area contributed by atoms with Crippen LogP contribution >= 0.6 is 0 Å². The highest BCUT2D eigenvalue weighted by Gasteiger charge is 2.30. The van der Waals surface area contributed by atoms with Crippen molar-refractivity contribution in [1.29, 1.82) is 0 Å². The predicted molar refractivity (Wildman–Crippen MR) is 105 cm³/mol. The van der Waals surface area contributed by atoms with Gasteiger partial charge in [0.2, 0.25) is 23.5 Å². The quantitative estimate of drug-likeness (QED) is 0.598. The molecule has 1 aromatic carbocycles. The number of aromatic nitrogens is 4. The Hall–Kier alpha value is -3.29. The number of aryl methyl sites for hydroxylation is 2. The Labute approximate surface area is 168 Å². The summed E-state index contributed by atoms with van der Waals surface area (Å²) in [6.07, 6.45) is 5.62. The number of ketones is 1. The first-order valence-electron chi connectivity index (χ1n) is 9.79. The Kier molecular flexibility index (Phi) is 5.50. The number of Topliss-reactive ketones (excluding diaryl/α,β-unsaturated/α-hetero) is 1. The molecule has 1 unspecified atom stereocenters. The minimum atomic E-state index is -0.207. The number of nitrogens with zero attached hydrogens (tertiary/aromatic N) is 5. The standard InChI is InChI=1S/C21H23N5O3/c1-25-13-11-22-20(25)19(28)16-8-5-12-26(14-16)18(27)10-9-17-23-24-21(29-17)15-6-3-2-4-7-15/h2-4,6-7,11,13,16H,5,8-10,12,14H2,1H3. The maximum atomic E-state index is 12.7. The van der Waals surface area contributed by atoms with Gasteiger partial charge in [-0.3, -0.25) is 9.59 Å². The van der Waals surface area contributed by atoms with Gasteiger partial charge >= 0.3 is 0 Å². The van der Waals surface area contributed by atoms with Crippen LogP contribution in [0.5, 0.6) is 0 Å². The van der Waals surface area contributed by atoms with Gasteiger partial charge in [-0.2, -0.15) is 0 Å². The van der Waals surface area contributed by atoms with E-state index in [0.717, 1.165) is 18.4 Å². The number of hydrogen-bond acceptors (Lipinski definition) is 6. The van der Waals surface area contributed by atoms with Gasteiger partial charge in [0.05, 0.1) is 0 Å². The molecular formula is C21H23N5O3. The molecule has 1 aliphatic heterocycles. The molecule has 1 aliphatic rings. The number of hydrogen-bond donors (Lipinski definition) is 0. The molecule has 1 atom stereocenters. The smallest absolute Gasteiger partial charge is 0.247 e. The van der Waals surface area contributed by atoms with E-state index >= 15 is 0 Å². The third kappa shape index (κ3) is 4.26. The molecule has 0 aliphatic carbocycles. The Morgan fingerprint density at radius 1 is 1.21 bits per heavy atom. The van der Waals surface area contributed by atoms with Crippen LogP contribution in [0.4, 0.5) is 0 Å². The number of benzene rings is 1. The van der Waals surface area contributed by atoms with Crippen LogP contribution in [-0.2, 0) is 18.3 Å². The molecule has 150 valence electrons. The highest BCUT2D eigenvalue weighted by atomic mass is 16.4. The number of imidazole rings is 1. The topological polar surface area (TPSA) is 94.1 Å². The van der Waals surface area contributed by atoms with Crippen LogP contribution in [0.25, 0.3) is 11.5 Å². The zero-order valence-corrected chi connectivity index (χ0v) is 16.3. The van der Waals surface area contributed by atoms with Crippen molar-refractivity contribution in [2.45, 2.75) is 25.7 Å². The third-order valence-corrected chi connectivity index (χ3v) is 5.23. The van der Waals surface area contributed by atoms with Crippen molar-refractivity contribution < 1.29 is 14.0 Å². The second-order valence-corrected chi connectivity index (χ2v) is 7.27. The average Bonchev–Trinajstić information content (AvgIpc) is 3.41. The Morgan fingerprint density at radius 2 is 2.03 bits per heavy atom. The second-order valence-electron chi connectivity index (χ2n) is 7.27. The predicted octanol–water partition coefficient (Wildman–Crippen LogP) is 2.52. The first-order valence-corrected chi connectivity index (χ1v) is 9.79. The van der Waals surface area contributed by atoms with E-state index in [9.17, 15) is 9.59 Å². The van der Waals surface area contributed by atoms with Gasteiger partial charge in [-0.05, 0) is 25.0 Å². The highest BCUT2D eigenvalue weighted by molar-refractivity contribution is 5.95. The maximum Gasteiger partial charge on any atom is 0.247 e. The summed E-state index contributed by atoms with van der Waals surface area (Å²) in [5.41, 5.74) is 0.851. The zero-order valence-electron chi connectivity index (χ0n) is 16.3. The van der Waals surface area contributed by atoms with Crippen LogP contribution in [0.2, 0.25) is 0 Å². The van der Waals surface area contributed by atoms with Gasteiger partial charge in [-0.15, -0.1) is 10.2 Å². The van der Waals surface area contributed by atoms with E-state index in [1.807, 2.05) is 30.3 Å². The van der Waals surface area contributed by atoms with Gasteiger partial charge in [0.25, 0.3) is 0 Å². The molecule has 4 rings (SSSR count). The molecule has 0 spiro atoms. The molecule has 2 aromatic heterocycles. The van der Waals surface area contributed by atoms with Gasteiger partial charge in [-0.1, -0.05) is 18.2 Å². The fourth-order valence-corrected chi connectivity index (χ4v) is 3.63. The summed E-state index contributed by atoms with van der Waals surface area (Å²) in [6, 6.07) is 9.53. The lowest BCUT2D eigenvalue weighted by atomic mass is 9.93. The molecular weight excluding hydrogens is 370 g/mol. The lowest BCUT2D eigenvalue weighted by Gasteiger charge is -2.31. The van der Waals surface area contributed by atoms with Crippen molar-refractivity contribution >= 4 is 11.7 Å². The van der Waals surface area contributed by atoms with Gasteiger partial charge in [0.1, 0.15) is 0 Å². The lowest BCUT2D eigenvalue weighted by molar-refractivity contribution is -0.132. The average molecular weight is 393 g/mol. The largest absolute Gasteiger partial charge is 0.421 e. The molecule has 1 saturated heterocycles. The first kappa shape index (κ1) is 19.0. The van der Waals surface area contributed by atoms with E-state index in [2.05, 4.69) is 15.2 Å². The van der Waals surface area contributed by atoms with Gasteiger partial charge < -0.3 is 13.9 Å². The van der Waals surface area contributed by atoms with Crippen molar-refractivity contribution in [1.82, 2.24) is 24.6 Å². The van der Waals surface area contributed by atoms with Crippen molar-refractivity contribution in [3.05, 3.63) is 54.4 Å². The fourth-order valence-electron chi connectivity index (χ4n) is 3.63. The molecule has 0 saturated carbocycles. The molecule has 1 amide bonds. The van der Waals surface area contributed by atoms with Gasteiger partial charge in [0, 0.05) is 56.9 Å². The van der Waals surface area contributed by atoms with Crippen LogP contribution in [-0.4, -0.2) is 49.4 Å². The second kappa shape index (κ2) is 8.38. The summed E-state index contributed by atoms with van der Waals surface area (Å²) in [6.45, 7) is 1.10. The maximum absolute atomic E-state index is 12.7. The number of amides is 1. The summed E-state index contributed by atoms with van der Waals surface area (Å²) in [7, 11) is 1.81. The monoisotopic (exact) mass is 393 g/mol. The van der Waals surface area contributed by atoms with Crippen molar-refractivity contribution in [3.63, 3.8) is 0 Å². The van der Waals surface area contributed by atoms with E-state index in [1.165, 1.54) is 0 Å². The molecule has 0 N–H and O–H groups in total. The third-order valence-electron chi connectivity index (χ3n) is 5.23. The number of rotatable bonds is 6. The SMILES string of the molecule is Cn1ccnc1C(=O)C1CCCN(C(=O)CCc2nnc(-c3ccccc3)o2)C1. The fraction of sp³-hybridized carbons (Fsp3) is 0.381. The normalized spacial score (nSPS) is 16.7. The molecule has 8 nitrogen and oxygen atoms in total. The van der Waals surface area contributed by atoms with Crippen LogP contribution in [0.3, 0.4) is 0 Å². The van der Waals surface area contributed by atoms with E-state index in [4.69, 9.17) is 4.42 Å². The molecule has 1 fully saturated rings. The molecule has 8 heteroatoms.